The van der Waals surface area contributed by atoms with Gasteiger partial charge < -0.3 is 13.3 Å². The maximum Gasteiger partial charge on any atom is 0.136 e. The Bertz CT molecular complexity index is 10900. The van der Waals surface area contributed by atoms with Crippen molar-refractivity contribution in [1.82, 2.24) is 0 Å². The fourth-order valence-electron chi connectivity index (χ4n) is 17.0. The van der Waals surface area contributed by atoms with Gasteiger partial charge in [0, 0.05) is 37.7 Å². The molecule has 25 rings (SSSR count). The molecule has 1 aliphatic carbocycles. The van der Waals surface area contributed by atoms with Gasteiger partial charge in [0.1, 0.15) is 33.5 Å². The summed E-state index contributed by atoms with van der Waals surface area (Å²) in [5.74, 6) is 0. The third-order valence-corrected chi connectivity index (χ3v) is 21.9. The van der Waals surface area contributed by atoms with Crippen molar-refractivity contribution in [3.63, 3.8) is 0 Å². The highest BCUT2D eigenvalue weighted by molar-refractivity contribution is 6.30. The zero-order valence-corrected chi connectivity index (χ0v) is 61.5. The molecular weight excluding hydrogens is 1430 g/mol. The summed E-state index contributed by atoms with van der Waals surface area (Å²) in [7, 11) is 0. The van der Waals surface area contributed by atoms with E-state index in [-0.39, 0.29) is 164 Å². The molecule has 0 atom stereocenters. The standard InChI is InChI=1S/C41H28O.C38H24O.C36H22O/c1-41(2)33-21-9-7-17-29(33)39-31(19-11-22-34(39)41)37-25-13-3-5-15-27(25)38(28-16-6-4-14-26(28)37)32-20-12-24-36-40(32)30-18-8-10-23-35(30)42-36;1-2-13-25(14-3-1)26-15-4-5-16-27(26)36-28-17-6-8-19-30(28)37(31-20-9-7-18-29(31)36)33-22-12-24-35-38(33)32-21-10-11-23-34(32)39-35;1-2-11-24-22-25(21-20-23(24)10-1)34-26-12-3-5-14-28(26)35(29-15-6-4-13-27(29)34)31-17-9-19-33-36(31)30-16-7-8-18-32(30)37-33/h3-24H,1-2H3;1-24H;1-22H/i3D,4D,5D,6D,8D,10D,12D,13D,14D,15D,16D,18D,20D,23D,24D;6D,7D,8D,9D,10D,11D,12D,17D,18D,19D,20D,21D,22D,23D,24D;3D,4D,5D,6D,7D,8D,9D,12D,13D,14D,15D,16D,17D,18D,19D. The SMILES string of the molecule is [2H]c1c([2H])c([2H])c2c(oc3c([2H])c([2H])c([2H])c(-c4c5c([2H])c([2H])c([2H])c([2H])c5c(-c5ccc6ccccc6c5)c5c([2H])c([2H])c([2H])c([2H])c45)c32)c1[2H].[2H]c1c([2H])c([2H])c2c(oc3c([2H])c([2H])c([2H])c(-c4c5c([2H])c([2H])c([2H])c([2H])c5c(-c5cccc6c5-c5ccccc5C6(C)C)c5c([2H])c([2H])c([2H])c([2H])c45)c32)c1[2H].[2H]c1c([2H])c([2H])c2c(oc3c([2H])c([2H])c([2H])c(-c4c5c([2H])c([2H])c([2H])c([2H])c5c(-c5ccccc5-c5ccccc5)c5c([2H])c([2H])c([2H])c([2H])c45)c32)c1[2H]. The molecule has 1 aliphatic rings. The van der Waals surface area contributed by atoms with E-state index >= 15 is 0 Å². The summed E-state index contributed by atoms with van der Waals surface area (Å²) in [6.45, 7) is 4.11. The fraction of sp³-hybridized carbons (Fsp3) is 0.0261. The lowest BCUT2D eigenvalue weighted by Crippen LogP contribution is -2.14. The van der Waals surface area contributed by atoms with E-state index in [0.29, 0.717) is 33.4 Å². The molecule has 0 aliphatic heterocycles. The van der Waals surface area contributed by atoms with Crippen LogP contribution in [0.15, 0.2) is 425 Å². The molecule has 0 saturated heterocycles. The van der Waals surface area contributed by atoms with E-state index < -0.39 is 294 Å². The summed E-state index contributed by atoms with van der Waals surface area (Å²) in [6, 6.07) is 13.3. The van der Waals surface area contributed by atoms with E-state index in [2.05, 4.69) is 13.8 Å². The number of hydrogen-bond acceptors (Lipinski definition) is 3. The Morgan fingerprint density at radius 2 is 0.500 bits per heavy atom. The Morgan fingerprint density at radius 3 is 0.924 bits per heavy atom. The van der Waals surface area contributed by atoms with E-state index in [4.69, 9.17) is 54.4 Å². The summed E-state index contributed by atoms with van der Waals surface area (Å²) in [4.78, 5) is 0. The predicted octanol–water partition coefficient (Wildman–Crippen LogP) is 32.8. The molecule has 0 unspecified atom stereocenters. The first-order valence-electron chi connectivity index (χ1n) is 59.6. The van der Waals surface area contributed by atoms with Crippen LogP contribution >= 0.6 is 0 Å². The summed E-state index contributed by atoms with van der Waals surface area (Å²) < 4.78 is 419. The average molecular weight is 1550 g/mol. The van der Waals surface area contributed by atoms with Gasteiger partial charge in [0.2, 0.25) is 0 Å². The van der Waals surface area contributed by atoms with Crippen molar-refractivity contribution < 1.29 is 74.9 Å². The van der Waals surface area contributed by atoms with Crippen molar-refractivity contribution in [2.75, 3.05) is 0 Å². The number of furan rings is 3. The van der Waals surface area contributed by atoms with Crippen molar-refractivity contribution in [2.45, 2.75) is 19.3 Å². The first kappa shape index (κ1) is 37.0. The Labute approximate surface area is 745 Å². The first-order chi connectivity index (χ1) is 77.1. The summed E-state index contributed by atoms with van der Waals surface area (Å²) in [5, 5.41) is -2.34. The van der Waals surface area contributed by atoms with E-state index in [1.165, 1.54) is 0 Å². The summed E-state index contributed by atoms with van der Waals surface area (Å²) >= 11 is 0. The van der Waals surface area contributed by atoms with Gasteiger partial charge in [-0.15, -0.1) is 0 Å². The van der Waals surface area contributed by atoms with Gasteiger partial charge in [-0.25, -0.2) is 0 Å². The van der Waals surface area contributed by atoms with Gasteiger partial charge in [-0.2, -0.15) is 0 Å². The zero-order valence-electron chi connectivity index (χ0n) is 107. The summed E-state index contributed by atoms with van der Waals surface area (Å²) in [5.41, 5.74) is 1.25. The van der Waals surface area contributed by atoms with Gasteiger partial charge in [-0.05, 0) is 218 Å². The molecule has 118 heavy (non-hydrogen) atoms. The van der Waals surface area contributed by atoms with E-state index in [1.54, 1.807) is 54.6 Å². The van der Waals surface area contributed by atoms with Crippen LogP contribution in [0.1, 0.15) is 86.7 Å². The van der Waals surface area contributed by atoms with Crippen molar-refractivity contribution in [3.05, 3.63) is 423 Å². The fourth-order valence-corrected chi connectivity index (χ4v) is 17.0. The summed E-state index contributed by atoms with van der Waals surface area (Å²) in [6.07, 6.45) is 0. The van der Waals surface area contributed by atoms with Crippen LogP contribution in [0.2, 0.25) is 0 Å². The number of hydrogen-bond donors (Lipinski definition) is 0. The van der Waals surface area contributed by atoms with Gasteiger partial charge in [-0.1, -0.05) is 383 Å². The number of para-hydroxylation sites is 3. The number of rotatable bonds is 7. The van der Waals surface area contributed by atoms with Crippen LogP contribution in [0.4, 0.5) is 0 Å². The molecule has 0 radical (unpaired) electrons. The van der Waals surface area contributed by atoms with Gasteiger partial charge in [0.25, 0.3) is 0 Å². The van der Waals surface area contributed by atoms with E-state index in [0.717, 1.165) is 27.5 Å². The minimum atomic E-state index is -0.715. The van der Waals surface area contributed by atoms with E-state index in [1.807, 2.05) is 84.9 Å². The van der Waals surface area contributed by atoms with Gasteiger partial charge >= 0.3 is 0 Å². The molecule has 0 saturated carbocycles. The largest absolute Gasteiger partial charge is 0.456 e. The molecule has 24 aromatic rings. The average Bonchev–Trinajstić information content (AvgIpc) is 1.67. The van der Waals surface area contributed by atoms with E-state index in [9.17, 15) is 20.6 Å². The van der Waals surface area contributed by atoms with Crippen molar-refractivity contribution in [1.29, 1.82) is 0 Å². The second-order valence-electron chi connectivity index (χ2n) is 28.4. The molecule has 0 bridgehead atoms. The highest BCUT2D eigenvalue weighted by atomic mass is 16.3. The maximum atomic E-state index is 9.48. The molecule has 3 heterocycles. The van der Waals surface area contributed by atoms with Crippen LogP contribution in [0.25, 0.3) is 230 Å². The minimum Gasteiger partial charge on any atom is -0.456 e. The molecule has 0 N–H and O–H groups in total. The highest BCUT2D eigenvalue weighted by Crippen LogP contribution is 2.57. The third-order valence-electron chi connectivity index (χ3n) is 21.9. The topological polar surface area (TPSA) is 39.4 Å². The lowest BCUT2D eigenvalue weighted by Gasteiger charge is -2.22. The normalized spacial score (nSPS) is 17.7. The van der Waals surface area contributed by atoms with Crippen LogP contribution < -0.4 is 0 Å². The van der Waals surface area contributed by atoms with Crippen molar-refractivity contribution in [2.24, 2.45) is 0 Å². The number of fused-ring (bicyclic) bond motifs is 19. The molecule has 3 nitrogen and oxygen atoms in total. The second kappa shape index (κ2) is 27.6. The van der Waals surface area contributed by atoms with Crippen molar-refractivity contribution in [3.8, 4) is 89.0 Å². The lowest BCUT2D eigenvalue weighted by atomic mass is 9.80. The molecule has 0 fully saturated rings. The van der Waals surface area contributed by atoms with Gasteiger partial charge in [0.05, 0.1) is 61.7 Å². The molecular formula is C115H74O3. The molecule has 0 amide bonds. The molecule has 3 aromatic heterocycles. The quantitative estimate of drug-likeness (QED) is 0.149. The van der Waals surface area contributed by atoms with Gasteiger partial charge in [-0.3, -0.25) is 0 Å². The molecule has 0 spiro atoms. The predicted molar refractivity (Wildman–Crippen MR) is 499 cm³/mol. The Morgan fingerprint density at radius 1 is 0.195 bits per heavy atom. The van der Waals surface area contributed by atoms with Crippen LogP contribution in [-0.4, -0.2) is 0 Å². The van der Waals surface area contributed by atoms with Crippen LogP contribution in [-0.2, 0) is 5.41 Å². The second-order valence-corrected chi connectivity index (χ2v) is 28.4. The Hall–Kier alpha value is -15.2. The lowest BCUT2D eigenvalue weighted by molar-refractivity contribution is 0.660. The van der Waals surface area contributed by atoms with Crippen LogP contribution in [0.3, 0.4) is 0 Å². The van der Waals surface area contributed by atoms with Crippen LogP contribution in [0, 0.1) is 0 Å². The molecule has 3 heteroatoms. The zero-order chi connectivity index (χ0) is 117. The Kier molecular flexibility index (Phi) is 8.64. The minimum absolute atomic E-state index is 0.0622. The molecule has 552 valence electrons. The highest BCUT2D eigenvalue weighted by Gasteiger charge is 2.37. The Balaban J connectivity index is 0.000000131. The molecule has 21 aromatic carbocycles. The first-order valence-corrected chi connectivity index (χ1v) is 37.1. The third kappa shape index (κ3) is 10.7. The van der Waals surface area contributed by atoms with Crippen LogP contribution in [0.5, 0.6) is 0 Å². The smallest absolute Gasteiger partial charge is 0.136 e. The maximum absolute atomic E-state index is 9.48. The number of benzene rings is 21. The van der Waals surface area contributed by atoms with Crippen molar-refractivity contribution >= 4 is 141 Å². The monoisotopic (exact) mass is 1550 g/mol. The van der Waals surface area contributed by atoms with Gasteiger partial charge in [0.15, 0.2) is 0 Å².